The Bertz CT molecular complexity index is 486. The van der Waals surface area contributed by atoms with E-state index in [0.717, 1.165) is 5.69 Å². The maximum Gasteiger partial charge on any atom is 0.258 e. The lowest BCUT2D eigenvalue weighted by atomic mass is 10.0. The number of nitrogens with zero attached hydrogens (tertiary/aromatic N) is 1. The number of carbonyl (C=O) groups excluding carboxylic acids is 1. The Balaban J connectivity index is 2.07. The number of hydrogen-bond acceptors (Lipinski definition) is 2. The van der Waals surface area contributed by atoms with Crippen molar-refractivity contribution >= 4 is 11.6 Å². The normalized spacial score (nSPS) is 10.5. The molecule has 1 amide bonds. The van der Waals surface area contributed by atoms with Gasteiger partial charge < -0.3 is 5.32 Å². The van der Waals surface area contributed by atoms with E-state index in [1.807, 2.05) is 24.3 Å². The molecule has 1 heterocycles. The SMILES string of the molecule is CC(C)c1ccc(NC(=O)c2cn[nH]c2)cc1. The fraction of sp³-hybridized carbons (Fsp3) is 0.231. The average Bonchev–Trinajstić information content (AvgIpc) is 2.83. The molecule has 1 aromatic carbocycles. The summed E-state index contributed by atoms with van der Waals surface area (Å²) < 4.78 is 0. The van der Waals surface area contributed by atoms with Gasteiger partial charge in [0.25, 0.3) is 5.91 Å². The topological polar surface area (TPSA) is 57.8 Å². The molecule has 88 valence electrons. The third-order valence-electron chi connectivity index (χ3n) is 2.60. The molecule has 2 aromatic rings. The lowest BCUT2D eigenvalue weighted by Gasteiger charge is -2.07. The molecule has 0 aliphatic heterocycles. The smallest absolute Gasteiger partial charge is 0.258 e. The van der Waals surface area contributed by atoms with E-state index in [1.165, 1.54) is 11.8 Å². The van der Waals surface area contributed by atoms with Gasteiger partial charge in [0.05, 0.1) is 11.8 Å². The summed E-state index contributed by atoms with van der Waals surface area (Å²) in [5, 5.41) is 9.16. The van der Waals surface area contributed by atoms with E-state index >= 15 is 0 Å². The highest BCUT2D eigenvalue weighted by molar-refractivity contribution is 6.03. The molecule has 0 saturated carbocycles. The molecule has 0 bridgehead atoms. The van der Waals surface area contributed by atoms with E-state index in [2.05, 4.69) is 29.4 Å². The molecule has 0 unspecified atom stereocenters. The number of amides is 1. The van der Waals surface area contributed by atoms with Crippen LogP contribution >= 0.6 is 0 Å². The molecule has 4 nitrogen and oxygen atoms in total. The predicted octanol–water partition coefficient (Wildman–Crippen LogP) is 2.79. The Hall–Kier alpha value is -2.10. The van der Waals surface area contributed by atoms with Crippen molar-refractivity contribution < 1.29 is 4.79 Å². The maximum absolute atomic E-state index is 11.7. The van der Waals surface area contributed by atoms with Gasteiger partial charge in [0.2, 0.25) is 0 Å². The van der Waals surface area contributed by atoms with Crippen molar-refractivity contribution in [3.05, 3.63) is 47.8 Å². The molecule has 0 saturated heterocycles. The number of aromatic nitrogens is 2. The minimum Gasteiger partial charge on any atom is -0.322 e. The van der Waals surface area contributed by atoms with E-state index < -0.39 is 0 Å². The first-order valence-electron chi connectivity index (χ1n) is 5.57. The number of rotatable bonds is 3. The largest absolute Gasteiger partial charge is 0.322 e. The first kappa shape index (κ1) is 11.4. The third-order valence-corrected chi connectivity index (χ3v) is 2.60. The molecule has 17 heavy (non-hydrogen) atoms. The molecule has 4 heteroatoms. The van der Waals surface area contributed by atoms with Gasteiger partial charge >= 0.3 is 0 Å². The fourth-order valence-electron chi connectivity index (χ4n) is 1.53. The second-order valence-electron chi connectivity index (χ2n) is 4.22. The molecule has 0 aliphatic carbocycles. The summed E-state index contributed by atoms with van der Waals surface area (Å²) in [6.45, 7) is 4.28. The van der Waals surface area contributed by atoms with Crippen LogP contribution < -0.4 is 5.32 Å². The average molecular weight is 229 g/mol. The second kappa shape index (κ2) is 4.82. The van der Waals surface area contributed by atoms with Crippen LogP contribution in [0.1, 0.15) is 35.7 Å². The molecular formula is C13H15N3O. The molecule has 0 fully saturated rings. The monoisotopic (exact) mass is 229 g/mol. The van der Waals surface area contributed by atoms with Crippen LogP contribution in [0.3, 0.4) is 0 Å². The van der Waals surface area contributed by atoms with E-state index in [0.29, 0.717) is 11.5 Å². The highest BCUT2D eigenvalue weighted by atomic mass is 16.1. The van der Waals surface area contributed by atoms with Gasteiger partial charge in [-0.25, -0.2) is 0 Å². The molecule has 0 radical (unpaired) electrons. The molecule has 2 rings (SSSR count). The van der Waals surface area contributed by atoms with Crippen LogP contribution in [0.15, 0.2) is 36.7 Å². The third kappa shape index (κ3) is 2.72. The van der Waals surface area contributed by atoms with Crippen LogP contribution in [0, 0.1) is 0 Å². The predicted molar refractivity (Wildman–Crippen MR) is 67.1 cm³/mol. The fourth-order valence-corrected chi connectivity index (χ4v) is 1.53. The van der Waals surface area contributed by atoms with Crippen LogP contribution in [0.2, 0.25) is 0 Å². The zero-order valence-electron chi connectivity index (χ0n) is 9.90. The minimum absolute atomic E-state index is 0.156. The minimum atomic E-state index is -0.156. The number of anilines is 1. The van der Waals surface area contributed by atoms with Crippen molar-refractivity contribution in [2.45, 2.75) is 19.8 Å². The van der Waals surface area contributed by atoms with Gasteiger partial charge in [-0.15, -0.1) is 0 Å². The summed E-state index contributed by atoms with van der Waals surface area (Å²) in [5.41, 5.74) is 2.57. The summed E-state index contributed by atoms with van der Waals surface area (Å²) in [6.07, 6.45) is 3.07. The van der Waals surface area contributed by atoms with Gasteiger partial charge in [0, 0.05) is 11.9 Å². The quantitative estimate of drug-likeness (QED) is 0.850. The molecule has 0 aliphatic rings. The molecule has 1 aromatic heterocycles. The Labute approximate surface area is 100 Å². The van der Waals surface area contributed by atoms with Gasteiger partial charge in [-0.1, -0.05) is 26.0 Å². The number of nitrogens with one attached hydrogen (secondary N) is 2. The summed E-state index contributed by atoms with van der Waals surface area (Å²) in [4.78, 5) is 11.7. The highest BCUT2D eigenvalue weighted by Crippen LogP contribution is 2.17. The zero-order valence-corrected chi connectivity index (χ0v) is 9.90. The molecule has 0 spiro atoms. The number of H-pyrrole nitrogens is 1. The van der Waals surface area contributed by atoms with Gasteiger partial charge in [-0.2, -0.15) is 5.10 Å². The lowest BCUT2D eigenvalue weighted by molar-refractivity contribution is 0.102. The van der Waals surface area contributed by atoms with Gasteiger partial charge in [-0.05, 0) is 23.6 Å². The van der Waals surface area contributed by atoms with E-state index in [4.69, 9.17) is 0 Å². The Morgan fingerprint density at radius 2 is 2.00 bits per heavy atom. The van der Waals surface area contributed by atoms with Crippen LogP contribution in [-0.4, -0.2) is 16.1 Å². The van der Waals surface area contributed by atoms with Crippen LogP contribution in [-0.2, 0) is 0 Å². The van der Waals surface area contributed by atoms with Crippen molar-refractivity contribution in [3.63, 3.8) is 0 Å². The molecule has 0 atom stereocenters. The summed E-state index contributed by atoms with van der Waals surface area (Å²) >= 11 is 0. The van der Waals surface area contributed by atoms with Crippen molar-refractivity contribution in [3.8, 4) is 0 Å². The number of benzene rings is 1. The summed E-state index contributed by atoms with van der Waals surface area (Å²) in [7, 11) is 0. The van der Waals surface area contributed by atoms with Crippen molar-refractivity contribution in [1.29, 1.82) is 0 Å². The van der Waals surface area contributed by atoms with E-state index in [9.17, 15) is 4.79 Å². The number of hydrogen-bond donors (Lipinski definition) is 2. The number of aromatic amines is 1. The van der Waals surface area contributed by atoms with Crippen LogP contribution in [0.5, 0.6) is 0 Å². The van der Waals surface area contributed by atoms with Gasteiger partial charge in [-0.3, -0.25) is 9.89 Å². The van der Waals surface area contributed by atoms with Crippen molar-refractivity contribution in [1.82, 2.24) is 10.2 Å². The number of carbonyl (C=O) groups is 1. The standard InChI is InChI=1S/C13H15N3O/c1-9(2)10-3-5-12(6-4-10)16-13(17)11-7-14-15-8-11/h3-9H,1-2H3,(H,14,15)(H,16,17). The highest BCUT2D eigenvalue weighted by Gasteiger charge is 2.06. The molecule has 2 N–H and O–H groups in total. The van der Waals surface area contributed by atoms with Crippen LogP contribution in [0.4, 0.5) is 5.69 Å². The zero-order chi connectivity index (χ0) is 12.3. The second-order valence-corrected chi connectivity index (χ2v) is 4.22. The summed E-state index contributed by atoms with van der Waals surface area (Å²) in [5.74, 6) is 0.338. The Kier molecular flexibility index (Phi) is 3.23. The van der Waals surface area contributed by atoms with Crippen molar-refractivity contribution in [2.75, 3.05) is 5.32 Å². The maximum atomic E-state index is 11.7. The van der Waals surface area contributed by atoms with Crippen LogP contribution in [0.25, 0.3) is 0 Å². The first-order chi connectivity index (χ1) is 8.16. The van der Waals surface area contributed by atoms with E-state index in [-0.39, 0.29) is 5.91 Å². The first-order valence-corrected chi connectivity index (χ1v) is 5.57. The Morgan fingerprint density at radius 1 is 1.29 bits per heavy atom. The lowest BCUT2D eigenvalue weighted by Crippen LogP contribution is -2.10. The van der Waals surface area contributed by atoms with Crippen molar-refractivity contribution in [2.24, 2.45) is 0 Å². The van der Waals surface area contributed by atoms with E-state index in [1.54, 1.807) is 6.20 Å². The van der Waals surface area contributed by atoms with Gasteiger partial charge in [0.15, 0.2) is 0 Å². The molecular weight excluding hydrogens is 214 g/mol. The van der Waals surface area contributed by atoms with Gasteiger partial charge in [0.1, 0.15) is 0 Å². The Morgan fingerprint density at radius 3 is 2.53 bits per heavy atom. The summed E-state index contributed by atoms with van der Waals surface area (Å²) in [6, 6.07) is 7.87.